The number of aromatic amines is 2. The number of benzene rings is 2. The van der Waals surface area contributed by atoms with Crippen LogP contribution < -0.4 is 11.1 Å². The van der Waals surface area contributed by atoms with E-state index in [2.05, 4.69) is 73.4 Å². The number of nitriles is 2. The lowest BCUT2D eigenvalue weighted by Crippen LogP contribution is -2.43. The third-order valence-electron chi connectivity index (χ3n) is 16.4. The van der Waals surface area contributed by atoms with Crippen molar-refractivity contribution in [3.05, 3.63) is 151 Å². The highest BCUT2D eigenvalue weighted by Gasteiger charge is 2.51. The molecule has 0 amide bonds. The van der Waals surface area contributed by atoms with Gasteiger partial charge in [0.2, 0.25) is 0 Å². The number of nitrogens with zero attached hydrogens (tertiary/aromatic N) is 11. The molecular weight excluding hydrogens is 920 g/mol. The van der Waals surface area contributed by atoms with E-state index >= 15 is 4.79 Å². The Bertz CT molecular complexity index is 3700. The van der Waals surface area contributed by atoms with Gasteiger partial charge in [-0.15, -0.1) is 20.4 Å². The second-order valence-corrected chi connectivity index (χ2v) is 21.3. The van der Waals surface area contributed by atoms with Crippen LogP contribution in [0.25, 0.3) is 33.2 Å². The molecule has 2 N–H and O–H groups in total. The molecule has 2 atom stereocenters. The minimum absolute atomic E-state index is 0.224. The molecule has 18 heteroatoms. The number of likely N-dealkylation sites (tertiary alicyclic amines) is 1. The maximum atomic E-state index is 15.1. The maximum Gasteiger partial charge on any atom is 0.418 e. The van der Waals surface area contributed by atoms with Crippen molar-refractivity contribution in [3.63, 3.8) is 0 Å². The molecule has 72 heavy (non-hydrogen) atoms. The first-order chi connectivity index (χ1) is 34.6. The molecule has 12 rings (SSSR count). The summed E-state index contributed by atoms with van der Waals surface area (Å²) in [5.74, 6) is 1.88. The van der Waals surface area contributed by atoms with E-state index in [0.29, 0.717) is 71.3 Å². The van der Waals surface area contributed by atoms with Crippen LogP contribution in [0.4, 0.5) is 13.2 Å². The summed E-state index contributed by atoms with van der Waals surface area (Å²) in [6, 6.07) is 18.0. The topological polar surface area (TPSA) is 188 Å². The lowest BCUT2D eigenvalue weighted by atomic mass is 9.58. The molecule has 8 aromatic rings. The van der Waals surface area contributed by atoms with Crippen LogP contribution in [-0.2, 0) is 37.6 Å². The van der Waals surface area contributed by atoms with Gasteiger partial charge < -0.3 is 19.1 Å². The van der Waals surface area contributed by atoms with E-state index < -0.39 is 33.5 Å². The van der Waals surface area contributed by atoms with Crippen LogP contribution >= 0.6 is 0 Å². The summed E-state index contributed by atoms with van der Waals surface area (Å²) in [5, 5.41) is 38.5. The monoisotopic (exact) mass is 971 g/mol. The number of fused-ring (bicyclic) bond motifs is 2. The molecule has 0 radical (unpaired) electrons. The van der Waals surface area contributed by atoms with Crippen LogP contribution in [0.2, 0.25) is 0 Å². The summed E-state index contributed by atoms with van der Waals surface area (Å²) < 4.78 is 51.5. The Morgan fingerprint density at radius 2 is 1.40 bits per heavy atom. The van der Waals surface area contributed by atoms with Crippen LogP contribution in [0.5, 0.6) is 0 Å². The number of pyridine rings is 2. The van der Waals surface area contributed by atoms with Crippen molar-refractivity contribution >= 4 is 21.8 Å². The Hall–Kier alpha value is -7.57. The van der Waals surface area contributed by atoms with Crippen LogP contribution in [0.3, 0.4) is 0 Å². The first-order valence-electron chi connectivity index (χ1n) is 24.7. The highest BCUT2D eigenvalue weighted by Crippen LogP contribution is 2.59. The minimum Gasteiger partial charge on any atom is -0.355 e. The van der Waals surface area contributed by atoms with E-state index in [-0.39, 0.29) is 34.2 Å². The highest BCUT2D eigenvalue weighted by atomic mass is 19.4. The summed E-state index contributed by atoms with van der Waals surface area (Å²) in [6.45, 7) is 6.63. The summed E-state index contributed by atoms with van der Waals surface area (Å²) >= 11 is 0. The van der Waals surface area contributed by atoms with Gasteiger partial charge in [0.05, 0.1) is 27.5 Å². The van der Waals surface area contributed by atoms with Gasteiger partial charge in [-0.3, -0.25) is 23.6 Å². The molecule has 4 aliphatic rings. The fourth-order valence-corrected chi connectivity index (χ4v) is 13.1. The molecule has 15 nitrogen and oxygen atoms in total. The fourth-order valence-electron chi connectivity index (χ4n) is 13.1. The predicted octanol–water partition coefficient (Wildman–Crippen LogP) is 8.66. The van der Waals surface area contributed by atoms with E-state index in [1.54, 1.807) is 29.4 Å². The van der Waals surface area contributed by atoms with Crippen LogP contribution in [0.1, 0.15) is 133 Å². The summed E-state index contributed by atoms with van der Waals surface area (Å²) in [4.78, 5) is 38.0. The third-order valence-corrected chi connectivity index (χ3v) is 16.4. The van der Waals surface area contributed by atoms with Gasteiger partial charge in [0.25, 0.3) is 11.1 Å². The minimum atomic E-state index is -4.89. The second kappa shape index (κ2) is 16.5. The Labute approximate surface area is 411 Å². The summed E-state index contributed by atoms with van der Waals surface area (Å²) in [7, 11) is 3.82. The fraction of sp³-hybridized carbons (Fsp3) is 0.407. The van der Waals surface area contributed by atoms with Crippen molar-refractivity contribution < 1.29 is 13.2 Å². The number of aromatic nitrogens is 10. The molecule has 6 aromatic heterocycles. The number of hydrogen-bond donors (Lipinski definition) is 2. The van der Waals surface area contributed by atoms with E-state index in [1.807, 2.05) is 47.6 Å². The van der Waals surface area contributed by atoms with Crippen molar-refractivity contribution in [2.75, 3.05) is 13.1 Å². The number of alkyl halides is 3. The van der Waals surface area contributed by atoms with Crippen LogP contribution in [0, 0.1) is 34.5 Å². The molecule has 7 heterocycles. The van der Waals surface area contributed by atoms with E-state index in [4.69, 9.17) is 0 Å². The zero-order valence-electron chi connectivity index (χ0n) is 40.4. The second-order valence-electron chi connectivity index (χ2n) is 21.3. The van der Waals surface area contributed by atoms with Crippen LogP contribution in [0.15, 0.2) is 83.3 Å². The lowest BCUT2D eigenvalue weighted by molar-refractivity contribution is -0.136. The molecule has 2 aromatic carbocycles. The number of halogens is 3. The number of H-pyrrole nitrogens is 2. The van der Waals surface area contributed by atoms with Gasteiger partial charge in [0, 0.05) is 67.1 Å². The Balaban J connectivity index is 1.04. The first-order valence-corrected chi connectivity index (χ1v) is 24.7. The third kappa shape index (κ3) is 7.00. The van der Waals surface area contributed by atoms with Gasteiger partial charge in [-0.05, 0) is 128 Å². The molecular formula is C54H52F3N13O2. The van der Waals surface area contributed by atoms with Gasteiger partial charge in [0.1, 0.15) is 47.5 Å². The Kier molecular flexibility index (Phi) is 10.4. The number of hydrogen-bond acceptors (Lipinski definition) is 9. The smallest absolute Gasteiger partial charge is 0.355 e. The molecule has 3 aliphatic carbocycles. The first kappa shape index (κ1) is 45.6. The molecule has 0 spiro atoms. The molecule has 4 fully saturated rings. The largest absolute Gasteiger partial charge is 0.418 e. The van der Waals surface area contributed by atoms with E-state index in [9.17, 15) is 28.5 Å². The molecule has 1 saturated heterocycles. The normalized spacial score (nSPS) is 24.2. The van der Waals surface area contributed by atoms with Crippen molar-refractivity contribution in [2.45, 2.75) is 101 Å². The van der Waals surface area contributed by atoms with Gasteiger partial charge in [-0.1, -0.05) is 38.5 Å². The summed E-state index contributed by atoms with van der Waals surface area (Å²) in [6.07, 6.45) is 9.25. The number of nitrogens with one attached hydrogen (secondary N) is 2. The average molecular weight is 972 g/mol. The van der Waals surface area contributed by atoms with Crippen molar-refractivity contribution in [3.8, 4) is 23.5 Å². The Morgan fingerprint density at radius 3 is 2.01 bits per heavy atom. The molecule has 3 saturated carbocycles. The maximum absolute atomic E-state index is 15.1. The van der Waals surface area contributed by atoms with E-state index in [0.717, 1.165) is 90.2 Å². The van der Waals surface area contributed by atoms with Crippen molar-refractivity contribution in [2.24, 2.45) is 25.9 Å². The van der Waals surface area contributed by atoms with E-state index in [1.165, 1.54) is 0 Å². The van der Waals surface area contributed by atoms with Crippen molar-refractivity contribution in [1.29, 1.82) is 10.5 Å². The highest BCUT2D eigenvalue weighted by molar-refractivity contribution is 5.91. The standard InChI is InChI=1S/C54H52F3N13O2/c1-30-18-52(19-30,50-64-61-28-66(50)3)34-9-8-10-36(15-34)69-25-41(45-40(23-59)43(63-47(45)49(69)72)27-68-11-6-5-7-12-68)39-17-38(39)32-13-35(53(20-31(2)21-53)51-65-62-29-67(51)4)16-37(14-32)70-26-42(54(55,56)57)44-33(22-58)24-60-46(44)48(70)71/h8-10,13-16,24-26,28-31,38-39,60,63H,5-7,11-12,17-21,27H2,1-4H3/t30-,31-,38?,39?,52+,53+. The van der Waals surface area contributed by atoms with Gasteiger partial charge >= 0.3 is 6.18 Å². The van der Waals surface area contributed by atoms with Gasteiger partial charge in [-0.2, -0.15) is 23.7 Å². The molecule has 1 aliphatic heterocycles. The Morgan fingerprint density at radius 1 is 0.764 bits per heavy atom. The van der Waals surface area contributed by atoms with Gasteiger partial charge in [0.15, 0.2) is 0 Å². The number of rotatable bonds is 10. The lowest BCUT2D eigenvalue weighted by Gasteiger charge is -2.46. The summed E-state index contributed by atoms with van der Waals surface area (Å²) in [5.41, 5.74) is 2.00. The SMILES string of the molecule is Cn1cnnc1[C@]1(c2cc(C3CC3c3cn(-c4cccc([C@]5(c6nncn6C)C[C@@H](C)C5)c4)c(=O)c4[nH]c(CN5CCCCC5)c(C#N)c34)cc(-n3cc(C(F)(F)F)c4c(C#N)c[nH]c4c3=O)c2)C[C@H](C)C1. The molecule has 2 unspecified atom stereocenters. The average Bonchev–Trinajstić information content (AvgIpc) is 3.66. The zero-order valence-corrected chi connectivity index (χ0v) is 40.4. The quantitative estimate of drug-likeness (QED) is 0.135. The van der Waals surface area contributed by atoms with Gasteiger partial charge in [-0.25, -0.2) is 0 Å². The molecule has 366 valence electrons. The zero-order chi connectivity index (χ0) is 50.0. The predicted molar refractivity (Wildman–Crippen MR) is 262 cm³/mol. The number of aryl methyl sites for hydroxylation is 2. The number of piperidine rings is 1. The van der Waals surface area contributed by atoms with Crippen molar-refractivity contribution in [1.82, 2.24) is 53.5 Å². The molecule has 0 bridgehead atoms. The van der Waals surface area contributed by atoms with Crippen LogP contribution in [-0.4, -0.2) is 66.6 Å².